The molecule has 2 amide bonds. The van der Waals surface area contributed by atoms with Crippen LogP contribution >= 0.6 is 0 Å². The molecule has 166 valence electrons. The highest BCUT2D eigenvalue weighted by molar-refractivity contribution is 5.90. The monoisotopic (exact) mass is 435 g/mol. The Labute approximate surface area is 178 Å². The lowest BCUT2D eigenvalue weighted by molar-refractivity contribution is -0.136. The van der Waals surface area contributed by atoms with Crippen LogP contribution in [0.4, 0.5) is 28.0 Å². The summed E-state index contributed by atoms with van der Waals surface area (Å²) in [4.78, 5) is 14.9. The van der Waals surface area contributed by atoms with Gasteiger partial charge in [0.25, 0.3) is 0 Å². The van der Waals surface area contributed by atoms with Gasteiger partial charge in [-0.15, -0.1) is 0 Å². The highest BCUT2D eigenvalue weighted by atomic mass is 19.4. The number of urea groups is 1. The van der Waals surface area contributed by atoms with Gasteiger partial charge in [0.15, 0.2) is 0 Å². The van der Waals surface area contributed by atoms with Crippen molar-refractivity contribution in [3.8, 4) is 0 Å². The second-order valence-electron chi connectivity index (χ2n) is 8.35. The van der Waals surface area contributed by atoms with Crippen molar-refractivity contribution < 1.29 is 22.4 Å². The van der Waals surface area contributed by atoms with Crippen LogP contribution in [0.25, 0.3) is 0 Å². The van der Waals surface area contributed by atoms with E-state index < -0.39 is 17.8 Å². The fourth-order valence-electron chi connectivity index (χ4n) is 4.84. The van der Waals surface area contributed by atoms with Crippen molar-refractivity contribution in [1.29, 1.82) is 0 Å². The summed E-state index contributed by atoms with van der Waals surface area (Å²) < 4.78 is 52.7. The molecule has 31 heavy (non-hydrogen) atoms. The van der Waals surface area contributed by atoms with E-state index in [1.807, 2.05) is 0 Å². The van der Waals surface area contributed by atoms with E-state index in [4.69, 9.17) is 0 Å². The lowest BCUT2D eigenvalue weighted by Gasteiger charge is -2.49. The highest BCUT2D eigenvalue weighted by Gasteiger charge is 2.39. The number of halogens is 4. The molecule has 2 aromatic carbocycles. The van der Waals surface area contributed by atoms with Gasteiger partial charge in [-0.05, 0) is 55.5 Å². The molecule has 0 saturated carbocycles. The smallest absolute Gasteiger partial charge is 0.335 e. The van der Waals surface area contributed by atoms with Crippen LogP contribution in [0.3, 0.4) is 0 Å². The van der Waals surface area contributed by atoms with E-state index in [0.717, 1.165) is 50.3 Å². The van der Waals surface area contributed by atoms with Gasteiger partial charge in [-0.1, -0.05) is 30.7 Å². The summed E-state index contributed by atoms with van der Waals surface area (Å²) in [5, 5.41) is 5.24. The lowest BCUT2D eigenvalue weighted by atomic mass is 9.81. The van der Waals surface area contributed by atoms with Crippen LogP contribution in [0.15, 0.2) is 48.5 Å². The van der Waals surface area contributed by atoms with Crippen molar-refractivity contribution in [2.75, 3.05) is 5.32 Å². The molecule has 0 aromatic heterocycles. The topological polar surface area (TPSA) is 44.4 Å². The van der Waals surface area contributed by atoms with Crippen LogP contribution in [-0.2, 0) is 12.7 Å². The molecule has 4 nitrogen and oxygen atoms in total. The summed E-state index contributed by atoms with van der Waals surface area (Å²) >= 11 is 0. The number of alkyl halides is 3. The van der Waals surface area contributed by atoms with Crippen molar-refractivity contribution in [2.45, 2.75) is 63.0 Å². The lowest BCUT2D eigenvalue weighted by Crippen LogP contribution is -2.56. The van der Waals surface area contributed by atoms with Crippen LogP contribution in [0, 0.1) is 5.82 Å². The summed E-state index contributed by atoms with van der Waals surface area (Å²) in [7, 11) is 0. The summed E-state index contributed by atoms with van der Waals surface area (Å²) in [6, 6.07) is 11.3. The largest absolute Gasteiger partial charge is 0.418 e. The van der Waals surface area contributed by atoms with E-state index in [2.05, 4.69) is 15.5 Å². The molecule has 3 atom stereocenters. The van der Waals surface area contributed by atoms with Gasteiger partial charge in [-0.3, -0.25) is 4.90 Å². The van der Waals surface area contributed by atoms with Crippen molar-refractivity contribution in [1.82, 2.24) is 10.2 Å². The molecule has 2 aliphatic heterocycles. The molecule has 2 bridgehead atoms. The van der Waals surface area contributed by atoms with Crippen LogP contribution in [0.2, 0.25) is 0 Å². The Morgan fingerprint density at radius 2 is 1.65 bits per heavy atom. The highest BCUT2D eigenvalue weighted by Crippen LogP contribution is 2.36. The molecule has 2 N–H and O–H groups in total. The van der Waals surface area contributed by atoms with Crippen LogP contribution in [-0.4, -0.2) is 29.1 Å². The number of nitrogens with zero attached hydrogens (tertiary/aromatic N) is 1. The van der Waals surface area contributed by atoms with E-state index in [-0.39, 0.29) is 29.6 Å². The number of nitrogens with one attached hydrogen (secondary N) is 2. The van der Waals surface area contributed by atoms with Crippen molar-refractivity contribution in [3.63, 3.8) is 0 Å². The van der Waals surface area contributed by atoms with E-state index >= 15 is 0 Å². The minimum atomic E-state index is -4.54. The molecule has 2 fully saturated rings. The Morgan fingerprint density at radius 1 is 1.00 bits per heavy atom. The third-order valence-corrected chi connectivity index (χ3v) is 6.22. The summed E-state index contributed by atoms with van der Waals surface area (Å²) in [6.45, 7) is 0.730. The van der Waals surface area contributed by atoms with Gasteiger partial charge in [-0.2, -0.15) is 13.2 Å². The first-order valence-electron chi connectivity index (χ1n) is 10.5. The summed E-state index contributed by atoms with van der Waals surface area (Å²) in [5.41, 5.74) is -0.0659. The molecule has 0 aliphatic carbocycles. The Balaban J connectivity index is 1.38. The van der Waals surface area contributed by atoms with Gasteiger partial charge >= 0.3 is 12.2 Å². The van der Waals surface area contributed by atoms with Crippen LogP contribution in [0.5, 0.6) is 0 Å². The zero-order valence-corrected chi connectivity index (χ0v) is 17.0. The SMILES string of the molecule is O=C(Nc1ccccc1C(F)(F)F)NC1C[C@H]2CCC[C@@H](C1)N2Cc1ccc(F)cc1. The number of piperidine rings is 2. The third-order valence-electron chi connectivity index (χ3n) is 6.22. The van der Waals surface area contributed by atoms with E-state index in [1.54, 1.807) is 12.1 Å². The molecule has 2 heterocycles. The number of anilines is 1. The van der Waals surface area contributed by atoms with E-state index in [9.17, 15) is 22.4 Å². The summed E-state index contributed by atoms with van der Waals surface area (Å²) in [6.07, 6.45) is 0.0839. The van der Waals surface area contributed by atoms with Gasteiger partial charge in [0.2, 0.25) is 0 Å². The normalized spacial score (nSPS) is 23.9. The number of rotatable bonds is 4. The van der Waals surface area contributed by atoms with Gasteiger partial charge < -0.3 is 10.6 Å². The molecular weight excluding hydrogens is 410 g/mol. The quantitative estimate of drug-likeness (QED) is 0.619. The van der Waals surface area contributed by atoms with Gasteiger partial charge in [-0.25, -0.2) is 9.18 Å². The first-order valence-corrected chi connectivity index (χ1v) is 10.5. The number of hydrogen-bond acceptors (Lipinski definition) is 2. The van der Waals surface area contributed by atoms with Crippen molar-refractivity contribution in [3.05, 3.63) is 65.5 Å². The van der Waals surface area contributed by atoms with Crippen molar-refractivity contribution in [2.24, 2.45) is 0 Å². The zero-order valence-electron chi connectivity index (χ0n) is 17.0. The maximum atomic E-state index is 13.2. The maximum Gasteiger partial charge on any atom is 0.418 e. The van der Waals surface area contributed by atoms with Gasteiger partial charge in [0.05, 0.1) is 11.3 Å². The molecular formula is C23H25F4N3O. The fraction of sp³-hybridized carbons (Fsp3) is 0.435. The van der Waals surface area contributed by atoms with Crippen LogP contribution in [0.1, 0.15) is 43.2 Å². The molecule has 2 aliphatic rings. The molecule has 1 unspecified atom stereocenters. The predicted octanol–water partition coefficient (Wildman–Crippen LogP) is 5.55. The first-order chi connectivity index (χ1) is 14.8. The molecule has 2 aromatic rings. The Kier molecular flexibility index (Phi) is 6.18. The Morgan fingerprint density at radius 3 is 2.29 bits per heavy atom. The third kappa shape index (κ3) is 5.18. The number of amides is 2. The van der Waals surface area contributed by atoms with E-state index in [1.165, 1.54) is 30.3 Å². The second-order valence-corrected chi connectivity index (χ2v) is 8.35. The van der Waals surface area contributed by atoms with Gasteiger partial charge in [0, 0.05) is 24.7 Å². The van der Waals surface area contributed by atoms with Gasteiger partial charge in [0.1, 0.15) is 5.82 Å². The molecule has 8 heteroatoms. The fourth-order valence-corrected chi connectivity index (χ4v) is 4.84. The number of carbonyl (C=O) groups excluding carboxylic acids is 1. The standard InChI is InChI=1S/C23H25F4N3O/c24-16-10-8-15(9-11-16)14-30-18-4-3-5-19(30)13-17(12-18)28-22(31)29-21-7-2-1-6-20(21)23(25,26)27/h1-2,6-11,17-19H,3-5,12-14H2,(H2,28,29,31)/t17?,18-,19+. The molecule has 4 rings (SSSR count). The molecule has 2 saturated heterocycles. The number of hydrogen-bond donors (Lipinski definition) is 2. The number of benzene rings is 2. The van der Waals surface area contributed by atoms with Crippen molar-refractivity contribution >= 4 is 11.7 Å². The number of para-hydroxylation sites is 1. The Hall–Kier alpha value is -2.61. The zero-order chi connectivity index (χ0) is 22.0. The predicted molar refractivity (Wildman–Crippen MR) is 110 cm³/mol. The summed E-state index contributed by atoms with van der Waals surface area (Å²) in [5.74, 6) is -0.259. The molecule has 0 spiro atoms. The van der Waals surface area contributed by atoms with E-state index in [0.29, 0.717) is 0 Å². The maximum absolute atomic E-state index is 13.2. The number of carbonyl (C=O) groups is 1. The number of fused-ring (bicyclic) bond motifs is 2. The average molecular weight is 435 g/mol. The first kappa shape index (κ1) is 21.6. The minimum Gasteiger partial charge on any atom is -0.335 e. The molecule has 0 radical (unpaired) electrons. The minimum absolute atomic E-state index is 0.0992. The second kappa shape index (κ2) is 8.86. The van der Waals surface area contributed by atoms with Crippen LogP contribution < -0.4 is 10.6 Å². The Bertz CT molecular complexity index is 902. The average Bonchev–Trinajstić information content (AvgIpc) is 2.70.